The Hall–Kier alpha value is -2.64. The highest BCUT2D eigenvalue weighted by atomic mass is 16.2. The minimum absolute atomic E-state index is 0.0639. The lowest BCUT2D eigenvalue weighted by Crippen LogP contribution is -2.39. The van der Waals surface area contributed by atoms with Crippen molar-refractivity contribution in [1.82, 2.24) is 4.90 Å². The van der Waals surface area contributed by atoms with Crippen LogP contribution in [-0.2, 0) is 11.3 Å². The topological polar surface area (TPSA) is 56.1 Å². The lowest BCUT2D eigenvalue weighted by atomic mass is 10.0. The SMILES string of the molecule is CC(C)c1ccc(CN(C)[C@H](C)C(=O)Nc2ccc(C#N)cc2)cc1. The van der Waals surface area contributed by atoms with E-state index >= 15 is 0 Å². The van der Waals surface area contributed by atoms with Crippen molar-refractivity contribution in [3.8, 4) is 6.07 Å². The Morgan fingerprint density at radius 3 is 2.20 bits per heavy atom. The summed E-state index contributed by atoms with van der Waals surface area (Å²) in [6, 6.07) is 17.2. The molecule has 2 rings (SSSR count). The van der Waals surface area contributed by atoms with E-state index in [4.69, 9.17) is 5.26 Å². The molecule has 4 nitrogen and oxygen atoms in total. The van der Waals surface area contributed by atoms with Crippen LogP contribution in [0, 0.1) is 11.3 Å². The van der Waals surface area contributed by atoms with E-state index in [1.165, 1.54) is 11.1 Å². The zero-order valence-electron chi connectivity index (χ0n) is 15.3. The van der Waals surface area contributed by atoms with Crippen LogP contribution in [0.5, 0.6) is 0 Å². The largest absolute Gasteiger partial charge is 0.325 e. The second-order valence-electron chi connectivity index (χ2n) is 6.67. The predicted octanol–water partition coefficient (Wildman–Crippen LogP) is 4.14. The van der Waals surface area contributed by atoms with Crippen molar-refractivity contribution < 1.29 is 4.79 Å². The first-order chi connectivity index (χ1) is 11.9. The summed E-state index contributed by atoms with van der Waals surface area (Å²) >= 11 is 0. The van der Waals surface area contributed by atoms with Gasteiger partial charge in [0.25, 0.3) is 0 Å². The van der Waals surface area contributed by atoms with E-state index in [9.17, 15) is 4.79 Å². The van der Waals surface area contributed by atoms with Crippen LogP contribution in [0.3, 0.4) is 0 Å². The van der Waals surface area contributed by atoms with E-state index in [0.29, 0.717) is 23.7 Å². The maximum Gasteiger partial charge on any atom is 0.241 e. The number of anilines is 1. The highest BCUT2D eigenvalue weighted by molar-refractivity contribution is 5.94. The normalized spacial score (nSPS) is 12.0. The molecule has 0 aliphatic rings. The molecule has 1 atom stereocenters. The molecule has 130 valence electrons. The molecule has 25 heavy (non-hydrogen) atoms. The molecule has 0 aliphatic carbocycles. The molecule has 0 radical (unpaired) electrons. The number of carbonyl (C=O) groups is 1. The Morgan fingerprint density at radius 2 is 1.68 bits per heavy atom. The first-order valence-electron chi connectivity index (χ1n) is 8.51. The maximum atomic E-state index is 12.4. The van der Waals surface area contributed by atoms with Gasteiger partial charge in [0.2, 0.25) is 5.91 Å². The Balaban J connectivity index is 1.94. The van der Waals surface area contributed by atoms with Crippen LogP contribution in [0.15, 0.2) is 48.5 Å². The van der Waals surface area contributed by atoms with E-state index in [-0.39, 0.29) is 11.9 Å². The van der Waals surface area contributed by atoms with E-state index in [2.05, 4.69) is 49.5 Å². The molecule has 0 saturated heterocycles. The fraction of sp³-hybridized carbons (Fsp3) is 0.333. The van der Waals surface area contributed by atoms with Gasteiger partial charge in [-0.25, -0.2) is 0 Å². The summed E-state index contributed by atoms with van der Waals surface area (Å²) in [4.78, 5) is 14.4. The van der Waals surface area contributed by atoms with Crippen molar-refractivity contribution >= 4 is 11.6 Å². The van der Waals surface area contributed by atoms with E-state index < -0.39 is 0 Å². The smallest absolute Gasteiger partial charge is 0.241 e. The summed E-state index contributed by atoms with van der Waals surface area (Å²) in [5.74, 6) is 0.454. The summed E-state index contributed by atoms with van der Waals surface area (Å²) in [5, 5.41) is 11.7. The molecule has 0 aromatic heterocycles. The second-order valence-corrected chi connectivity index (χ2v) is 6.67. The lowest BCUT2D eigenvalue weighted by molar-refractivity contribution is -0.120. The maximum absolute atomic E-state index is 12.4. The van der Waals surface area contributed by atoms with E-state index in [1.54, 1.807) is 24.3 Å². The molecule has 0 heterocycles. The van der Waals surface area contributed by atoms with Crippen LogP contribution in [0.1, 0.15) is 43.4 Å². The number of hydrogen-bond acceptors (Lipinski definition) is 3. The molecular formula is C21H25N3O. The van der Waals surface area contributed by atoms with E-state index in [0.717, 1.165) is 0 Å². The van der Waals surface area contributed by atoms with Crippen molar-refractivity contribution in [2.24, 2.45) is 0 Å². The van der Waals surface area contributed by atoms with Gasteiger partial charge in [0, 0.05) is 12.2 Å². The van der Waals surface area contributed by atoms with Crippen molar-refractivity contribution in [3.05, 3.63) is 65.2 Å². The standard InChI is InChI=1S/C21H25N3O/c1-15(2)19-9-5-18(6-10-19)14-24(4)16(3)21(25)23-20-11-7-17(13-22)8-12-20/h5-12,15-16H,14H2,1-4H3,(H,23,25)/t16-/m1/s1. The molecule has 0 spiro atoms. The third kappa shape index (κ3) is 5.17. The average molecular weight is 335 g/mol. The highest BCUT2D eigenvalue weighted by Crippen LogP contribution is 2.16. The molecule has 0 saturated carbocycles. The first-order valence-corrected chi connectivity index (χ1v) is 8.51. The van der Waals surface area contributed by atoms with Gasteiger partial charge >= 0.3 is 0 Å². The zero-order chi connectivity index (χ0) is 18.4. The van der Waals surface area contributed by atoms with Gasteiger partial charge in [-0.2, -0.15) is 5.26 Å². The summed E-state index contributed by atoms with van der Waals surface area (Å²) < 4.78 is 0. The van der Waals surface area contributed by atoms with Gasteiger partial charge in [-0.1, -0.05) is 38.1 Å². The second kappa shape index (κ2) is 8.46. The zero-order valence-corrected chi connectivity index (χ0v) is 15.3. The van der Waals surface area contributed by atoms with Crippen molar-refractivity contribution in [3.63, 3.8) is 0 Å². The predicted molar refractivity (Wildman–Crippen MR) is 101 cm³/mol. The molecule has 1 N–H and O–H groups in total. The quantitative estimate of drug-likeness (QED) is 0.863. The summed E-state index contributed by atoms with van der Waals surface area (Å²) in [6.45, 7) is 6.95. The monoisotopic (exact) mass is 335 g/mol. The average Bonchev–Trinajstić information content (AvgIpc) is 2.62. The van der Waals surface area contributed by atoms with Gasteiger partial charge in [0.05, 0.1) is 17.7 Å². The summed E-state index contributed by atoms with van der Waals surface area (Å²) in [6.07, 6.45) is 0. The fourth-order valence-corrected chi connectivity index (χ4v) is 2.51. The number of carbonyl (C=O) groups excluding carboxylic acids is 1. The Kier molecular flexibility index (Phi) is 6.32. The number of amides is 1. The number of nitrogens with zero attached hydrogens (tertiary/aromatic N) is 2. The summed E-state index contributed by atoms with van der Waals surface area (Å²) in [5.41, 5.74) is 3.78. The number of rotatable bonds is 6. The third-order valence-corrected chi connectivity index (χ3v) is 4.40. The molecule has 0 unspecified atom stereocenters. The molecular weight excluding hydrogens is 310 g/mol. The molecule has 2 aromatic carbocycles. The van der Waals surface area contributed by atoms with Crippen LogP contribution in [0.4, 0.5) is 5.69 Å². The van der Waals surface area contributed by atoms with Crippen LogP contribution < -0.4 is 5.32 Å². The van der Waals surface area contributed by atoms with Gasteiger partial charge in [-0.05, 0) is 55.3 Å². The van der Waals surface area contributed by atoms with Crippen LogP contribution in [0.25, 0.3) is 0 Å². The number of likely N-dealkylation sites (N-methyl/N-ethyl adjacent to an activating group) is 1. The van der Waals surface area contributed by atoms with Crippen LogP contribution in [0.2, 0.25) is 0 Å². The number of nitriles is 1. The molecule has 1 amide bonds. The number of nitrogens with one attached hydrogen (secondary N) is 1. The van der Waals surface area contributed by atoms with Crippen molar-refractivity contribution in [1.29, 1.82) is 5.26 Å². The highest BCUT2D eigenvalue weighted by Gasteiger charge is 2.18. The fourth-order valence-electron chi connectivity index (χ4n) is 2.51. The summed E-state index contributed by atoms with van der Waals surface area (Å²) in [7, 11) is 1.94. The minimum atomic E-state index is -0.264. The minimum Gasteiger partial charge on any atom is -0.325 e. The molecule has 0 fully saturated rings. The third-order valence-electron chi connectivity index (χ3n) is 4.40. The lowest BCUT2D eigenvalue weighted by Gasteiger charge is -2.24. The Morgan fingerprint density at radius 1 is 1.08 bits per heavy atom. The Labute approximate surface area is 150 Å². The molecule has 2 aromatic rings. The Bertz CT molecular complexity index is 742. The van der Waals surface area contributed by atoms with Gasteiger partial charge in [0.1, 0.15) is 0 Å². The van der Waals surface area contributed by atoms with Crippen LogP contribution >= 0.6 is 0 Å². The molecule has 0 aliphatic heterocycles. The van der Waals surface area contributed by atoms with Crippen molar-refractivity contribution in [2.45, 2.75) is 39.3 Å². The molecule has 4 heteroatoms. The van der Waals surface area contributed by atoms with Gasteiger partial charge < -0.3 is 5.32 Å². The van der Waals surface area contributed by atoms with Gasteiger partial charge in [0.15, 0.2) is 0 Å². The van der Waals surface area contributed by atoms with Gasteiger partial charge in [-0.15, -0.1) is 0 Å². The number of hydrogen-bond donors (Lipinski definition) is 1. The van der Waals surface area contributed by atoms with Crippen molar-refractivity contribution in [2.75, 3.05) is 12.4 Å². The van der Waals surface area contributed by atoms with E-state index in [1.807, 2.05) is 18.9 Å². The van der Waals surface area contributed by atoms with Gasteiger partial charge in [-0.3, -0.25) is 9.69 Å². The molecule has 0 bridgehead atoms. The number of benzene rings is 2. The first kappa shape index (κ1) is 18.7. The van der Waals surface area contributed by atoms with Crippen LogP contribution in [-0.4, -0.2) is 23.9 Å².